The molecule has 1 saturated heterocycles. The van der Waals surface area contributed by atoms with Gasteiger partial charge in [0, 0.05) is 42.4 Å². The zero-order valence-electron chi connectivity index (χ0n) is 12.9. The second-order valence-electron chi connectivity index (χ2n) is 6.65. The monoisotopic (exact) mass is 298 g/mol. The van der Waals surface area contributed by atoms with Crippen molar-refractivity contribution in [3.8, 4) is 0 Å². The second-order valence-corrected chi connectivity index (χ2v) is 6.65. The fraction of sp³-hybridized carbons (Fsp3) is 0.529. The number of rotatable bonds is 3. The summed E-state index contributed by atoms with van der Waals surface area (Å²) in [6.07, 6.45) is 7.22. The lowest BCUT2D eigenvalue weighted by molar-refractivity contribution is -0.117. The largest absolute Gasteiger partial charge is 0.343 e. The van der Waals surface area contributed by atoms with Gasteiger partial charge < -0.3 is 15.2 Å². The van der Waals surface area contributed by atoms with Crippen LogP contribution in [0.1, 0.15) is 32.2 Å². The molecule has 5 nitrogen and oxygen atoms in total. The number of anilines is 1. The van der Waals surface area contributed by atoms with Crippen molar-refractivity contribution in [2.75, 3.05) is 18.4 Å². The Kier molecular flexibility index (Phi) is 3.37. The summed E-state index contributed by atoms with van der Waals surface area (Å²) in [6.45, 7) is 4.41. The van der Waals surface area contributed by atoms with Crippen LogP contribution < -0.4 is 10.6 Å². The van der Waals surface area contributed by atoms with E-state index in [1.807, 2.05) is 12.3 Å². The molecule has 0 spiro atoms. The lowest BCUT2D eigenvalue weighted by atomic mass is 9.94. The number of carbonyl (C=O) groups excluding carboxylic acids is 1. The molecule has 1 amide bonds. The first-order chi connectivity index (χ1) is 10.7. The first-order valence-electron chi connectivity index (χ1n) is 8.20. The van der Waals surface area contributed by atoms with E-state index in [1.165, 1.54) is 6.42 Å². The number of aromatic nitrogens is 2. The quantitative estimate of drug-likeness (QED) is 0.915. The second kappa shape index (κ2) is 5.39. The van der Waals surface area contributed by atoms with Crippen LogP contribution in [-0.4, -0.2) is 28.5 Å². The van der Waals surface area contributed by atoms with E-state index < -0.39 is 0 Å². The van der Waals surface area contributed by atoms with Crippen molar-refractivity contribution < 1.29 is 4.79 Å². The molecule has 2 aliphatic rings. The number of hydrogen-bond acceptors (Lipinski definition) is 3. The molecule has 116 valence electrons. The minimum atomic E-state index is 0.109. The van der Waals surface area contributed by atoms with E-state index in [4.69, 9.17) is 0 Å². The summed E-state index contributed by atoms with van der Waals surface area (Å²) in [5.41, 5.74) is 1.15. The molecule has 1 saturated carbocycles. The van der Waals surface area contributed by atoms with Gasteiger partial charge in [0.1, 0.15) is 5.82 Å². The van der Waals surface area contributed by atoms with Gasteiger partial charge in [-0.3, -0.25) is 4.79 Å². The minimum Gasteiger partial charge on any atom is -0.343 e. The van der Waals surface area contributed by atoms with Crippen LogP contribution in [0.15, 0.2) is 24.5 Å². The number of nitrogens with zero attached hydrogens (tertiary/aromatic N) is 2. The van der Waals surface area contributed by atoms with E-state index in [0.29, 0.717) is 17.8 Å². The molecular formula is C17H22N4O. The Bertz CT molecular complexity index is 704. The third-order valence-electron chi connectivity index (χ3n) is 4.95. The van der Waals surface area contributed by atoms with Gasteiger partial charge in [0.05, 0.1) is 5.52 Å². The average Bonchev–Trinajstić information content (AvgIpc) is 3.29. The molecule has 1 aliphatic heterocycles. The first kappa shape index (κ1) is 13.8. The summed E-state index contributed by atoms with van der Waals surface area (Å²) in [4.78, 5) is 16.3. The van der Waals surface area contributed by atoms with E-state index in [9.17, 15) is 4.79 Å². The molecule has 2 unspecified atom stereocenters. The van der Waals surface area contributed by atoms with Gasteiger partial charge in [-0.05, 0) is 37.8 Å². The normalized spacial score (nSPS) is 25.3. The van der Waals surface area contributed by atoms with Crippen LogP contribution in [0, 0.1) is 11.8 Å². The minimum absolute atomic E-state index is 0.109. The molecule has 22 heavy (non-hydrogen) atoms. The van der Waals surface area contributed by atoms with Crippen LogP contribution in [0.3, 0.4) is 0 Å². The van der Waals surface area contributed by atoms with E-state index in [-0.39, 0.29) is 11.8 Å². The summed E-state index contributed by atoms with van der Waals surface area (Å²) in [5, 5.41) is 7.56. The van der Waals surface area contributed by atoms with Gasteiger partial charge >= 0.3 is 0 Å². The molecule has 1 aliphatic carbocycles. The fourth-order valence-corrected chi connectivity index (χ4v) is 3.33. The molecule has 2 atom stereocenters. The van der Waals surface area contributed by atoms with Crippen molar-refractivity contribution in [2.45, 2.75) is 32.2 Å². The Balaban J connectivity index is 1.65. The summed E-state index contributed by atoms with van der Waals surface area (Å²) in [5.74, 6) is 1.62. The van der Waals surface area contributed by atoms with Crippen LogP contribution in [0.5, 0.6) is 0 Å². The smallest absolute Gasteiger partial charge is 0.228 e. The van der Waals surface area contributed by atoms with Crippen LogP contribution in [-0.2, 0) is 4.79 Å². The molecule has 2 fully saturated rings. The van der Waals surface area contributed by atoms with Gasteiger partial charge in [-0.1, -0.05) is 6.92 Å². The Morgan fingerprint density at radius 3 is 3.05 bits per heavy atom. The Labute approximate surface area is 130 Å². The SMILES string of the molecule is CC1CCNCC1n1ccc2cnc(NC(=O)C3CC3)cc21. The Hall–Kier alpha value is -1.88. The van der Waals surface area contributed by atoms with Crippen LogP contribution in [0.2, 0.25) is 0 Å². The number of carbonyl (C=O) groups is 1. The molecule has 3 heterocycles. The number of nitrogens with one attached hydrogen (secondary N) is 2. The van der Waals surface area contributed by atoms with Gasteiger partial charge in [-0.15, -0.1) is 0 Å². The fourth-order valence-electron chi connectivity index (χ4n) is 3.33. The lowest BCUT2D eigenvalue weighted by Gasteiger charge is -2.31. The number of amides is 1. The van der Waals surface area contributed by atoms with Crippen molar-refractivity contribution in [1.29, 1.82) is 0 Å². The Morgan fingerprint density at radius 2 is 2.27 bits per heavy atom. The summed E-state index contributed by atoms with van der Waals surface area (Å²) in [6, 6.07) is 4.58. The Morgan fingerprint density at radius 1 is 1.41 bits per heavy atom. The first-order valence-corrected chi connectivity index (χ1v) is 8.20. The molecule has 2 aromatic rings. The topological polar surface area (TPSA) is 59.0 Å². The van der Waals surface area contributed by atoms with Crippen LogP contribution >= 0.6 is 0 Å². The molecular weight excluding hydrogens is 276 g/mol. The highest BCUT2D eigenvalue weighted by Gasteiger charge is 2.30. The standard InChI is InChI=1S/C17H22N4O/c1-11-4-6-18-10-15(11)21-7-5-13-9-19-16(8-14(13)21)20-17(22)12-2-3-12/h5,7-9,11-12,15,18H,2-4,6,10H2,1H3,(H,19,20,22). The number of hydrogen-bond donors (Lipinski definition) is 2. The third-order valence-corrected chi connectivity index (χ3v) is 4.95. The molecule has 5 heteroatoms. The summed E-state index contributed by atoms with van der Waals surface area (Å²) < 4.78 is 2.33. The van der Waals surface area contributed by atoms with Gasteiger partial charge in [0.2, 0.25) is 5.91 Å². The van der Waals surface area contributed by atoms with E-state index in [2.05, 4.69) is 39.4 Å². The molecule has 2 N–H and O–H groups in total. The molecule has 0 aromatic carbocycles. The average molecular weight is 298 g/mol. The van der Waals surface area contributed by atoms with E-state index in [0.717, 1.165) is 36.8 Å². The highest BCUT2D eigenvalue weighted by Crippen LogP contribution is 2.31. The maximum atomic E-state index is 11.9. The number of pyridine rings is 1. The van der Waals surface area contributed by atoms with E-state index in [1.54, 1.807) is 0 Å². The zero-order chi connectivity index (χ0) is 15.1. The highest BCUT2D eigenvalue weighted by atomic mass is 16.2. The summed E-state index contributed by atoms with van der Waals surface area (Å²) >= 11 is 0. The number of piperidine rings is 1. The van der Waals surface area contributed by atoms with Gasteiger partial charge in [0.15, 0.2) is 0 Å². The molecule has 2 aromatic heterocycles. The van der Waals surface area contributed by atoms with Gasteiger partial charge in [0.25, 0.3) is 0 Å². The number of fused-ring (bicyclic) bond motifs is 1. The van der Waals surface area contributed by atoms with E-state index >= 15 is 0 Å². The van der Waals surface area contributed by atoms with Crippen LogP contribution in [0.25, 0.3) is 10.9 Å². The molecule has 0 radical (unpaired) electrons. The zero-order valence-corrected chi connectivity index (χ0v) is 12.9. The highest BCUT2D eigenvalue weighted by molar-refractivity contribution is 5.94. The molecule has 0 bridgehead atoms. The van der Waals surface area contributed by atoms with Crippen LogP contribution in [0.4, 0.5) is 5.82 Å². The summed E-state index contributed by atoms with van der Waals surface area (Å²) in [7, 11) is 0. The van der Waals surface area contributed by atoms with Crippen molar-refractivity contribution in [1.82, 2.24) is 14.9 Å². The lowest BCUT2D eigenvalue weighted by Crippen LogP contribution is -2.36. The maximum absolute atomic E-state index is 11.9. The maximum Gasteiger partial charge on any atom is 0.228 e. The van der Waals surface area contributed by atoms with Crippen molar-refractivity contribution in [3.05, 3.63) is 24.5 Å². The van der Waals surface area contributed by atoms with Crippen molar-refractivity contribution in [3.63, 3.8) is 0 Å². The molecule has 4 rings (SSSR count). The predicted octanol–water partition coefficient (Wildman–Crippen LogP) is 2.56. The van der Waals surface area contributed by atoms with Crippen molar-refractivity contribution >= 4 is 22.6 Å². The van der Waals surface area contributed by atoms with Gasteiger partial charge in [-0.25, -0.2) is 4.98 Å². The predicted molar refractivity (Wildman–Crippen MR) is 86.8 cm³/mol. The third kappa shape index (κ3) is 2.50. The van der Waals surface area contributed by atoms with Gasteiger partial charge in [-0.2, -0.15) is 0 Å². The van der Waals surface area contributed by atoms with Crippen molar-refractivity contribution in [2.24, 2.45) is 11.8 Å².